The molecular formula is C25H37N3O2S. The molecule has 0 saturated heterocycles. The van der Waals surface area contributed by atoms with E-state index in [0.717, 1.165) is 18.4 Å². The number of nitrogens with zero attached hydrogens (tertiary/aromatic N) is 1. The van der Waals surface area contributed by atoms with Crippen LogP contribution >= 0.6 is 11.3 Å². The van der Waals surface area contributed by atoms with Gasteiger partial charge in [-0.15, -0.1) is 11.3 Å². The van der Waals surface area contributed by atoms with E-state index < -0.39 is 6.04 Å². The van der Waals surface area contributed by atoms with Crippen LogP contribution in [-0.4, -0.2) is 36.0 Å². The van der Waals surface area contributed by atoms with E-state index in [1.807, 2.05) is 32.0 Å². The van der Waals surface area contributed by atoms with Crippen LogP contribution in [-0.2, 0) is 17.8 Å². The summed E-state index contributed by atoms with van der Waals surface area (Å²) in [6.07, 6.45) is 1.60. The molecule has 0 aliphatic rings. The van der Waals surface area contributed by atoms with Crippen LogP contribution in [0.3, 0.4) is 0 Å². The van der Waals surface area contributed by atoms with E-state index in [0.29, 0.717) is 12.5 Å². The van der Waals surface area contributed by atoms with Crippen LogP contribution in [0.5, 0.6) is 0 Å². The number of benzene rings is 1. The number of thiophene rings is 1. The molecule has 0 bridgehead atoms. The predicted octanol–water partition coefficient (Wildman–Crippen LogP) is 5.18. The second-order valence-corrected chi connectivity index (χ2v) is 9.79. The quantitative estimate of drug-likeness (QED) is 0.532. The second kappa shape index (κ2) is 11.9. The zero-order valence-corrected chi connectivity index (χ0v) is 20.5. The minimum absolute atomic E-state index is 0.0136. The Morgan fingerprint density at radius 3 is 2.26 bits per heavy atom. The molecule has 0 saturated carbocycles. The summed E-state index contributed by atoms with van der Waals surface area (Å²) in [5.74, 6) is 0.340. The number of rotatable bonds is 10. The average Bonchev–Trinajstić information content (AvgIpc) is 3.20. The first kappa shape index (κ1) is 24.9. The lowest BCUT2D eigenvalue weighted by molar-refractivity contribution is -0.124. The summed E-state index contributed by atoms with van der Waals surface area (Å²) in [6.45, 7) is 10.8. The van der Waals surface area contributed by atoms with Crippen molar-refractivity contribution in [3.8, 4) is 0 Å². The van der Waals surface area contributed by atoms with Crippen molar-refractivity contribution in [1.29, 1.82) is 0 Å². The molecular weight excluding hydrogens is 406 g/mol. The van der Waals surface area contributed by atoms with Crippen LogP contribution in [0.2, 0.25) is 0 Å². The lowest BCUT2D eigenvalue weighted by atomic mass is 10.0. The van der Waals surface area contributed by atoms with Crippen molar-refractivity contribution >= 4 is 23.3 Å². The molecule has 1 heterocycles. The maximum Gasteiger partial charge on any atom is 0.318 e. The van der Waals surface area contributed by atoms with Crippen molar-refractivity contribution in [1.82, 2.24) is 15.5 Å². The summed E-state index contributed by atoms with van der Waals surface area (Å²) in [6, 6.07) is 11.5. The van der Waals surface area contributed by atoms with Crippen molar-refractivity contribution in [2.45, 2.75) is 72.0 Å². The molecule has 0 spiro atoms. The molecule has 170 valence electrons. The maximum absolute atomic E-state index is 13.0. The van der Waals surface area contributed by atoms with Gasteiger partial charge in [0, 0.05) is 24.5 Å². The molecule has 2 aromatic rings. The van der Waals surface area contributed by atoms with Gasteiger partial charge in [0.1, 0.15) is 6.04 Å². The van der Waals surface area contributed by atoms with Crippen molar-refractivity contribution in [2.75, 3.05) is 7.05 Å². The molecule has 0 fully saturated rings. The fourth-order valence-electron chi connectivity index (χ4n) is 3.39. The highest BCUT2D eigenvalue weighted by atomic mass is 32.1. The van der Waals surface area contributed by atoms with Gasteiger partial charge in [-0.25, -0.2) is 4.79 Å². The van der Waals surface area contributed by atoms with Crippen LogP contribution in [0.15, 0.2) is 41.8 Å². The largest absolute Gasteiger partial charge is 0.351 e. The number of carbonyl (C=O) groups is 2. The summed E-state index contributed by atoms with van der Waals surface area (Å²) >= 11 is 1.72. The fourth-order valence-corrected chi connectivity index (χ4v) is 4.31. The highest BCUT2D eigenvalue weighted by Gasteiger charge is 2.27. The lowest BCUT2D eigenvalue weighted by Crippen LogP contribution is -2.54. The Kier molecular flexibility index (Phi) is 9.56. The predicted molar refractivity (Wildman–Crippen MR) is 129 cm³/mol. The first-order chi connectivity index (χ1) is 14.7. The van der Waals surface area contributed by atoms with E-state index in [4.69, 9.17) is 0 Å². The third kappa shape index (κ3) is 7.69. The minimum Gasteiger partial charge on any atom is -0.351 e. The fraction of sp³-hybridized carbons (Fsp3) is 0.520. The minimum atomic E-state index is -0.575. The summed E-state index contributed by atoms with van der Waals surface area (Å²) in [5, 5.41) is 8.17. The van der Waals surface area contributed by atoms with E-state index in [9.17, 15) is 9.59 Å². The Bertz CT molecular complexity index is 832. The summed E-state index contributed by atoms with van der Waals surface area (Å²) in [4.78, 5) is 28.7. The Morgan fingerprint density at radius 1 is 1.03 bits per heavy atom. The molecule has 31 heavy (non-hydrogen) atoms. The van der Waals surface area contributed by atoms with Gasteiger partial charge in [0.15, 0.2) is 0 Å². The standard InChI is InChI=1S/C25H37N3O2S/c1-7-21(13-19-11-9-8-10-12-19)26-24(29)23(18(4)5)27-25(30)28(6)15-20-14-22(17(2)3)31-16-20/h8-12,14,16-18,21,23H,7,13,15H2,1-6H3,(H,26,29)(H,27,30). The first-order valence-corrected chi connectivity index (χ1v) is 12.0. The normalized spacial score (nSPS) is 13.2. The number of urea groups is 1. The number of nitrogens with one attached hydrogen (secondary N) is 2. The van der Waals surface area contributed by atoms with Crippen LogP contribution in [0.1, 0.15) is 63.0 Å². The first-order valence-electron chi connectivity index (χ1n) is 11.1. The molecule has 1 aromatic heterocycles. The van der Waals surface area contributed by atoms with Gasteiger partial charge in [-0.1, -0.05) is 65.0 Å². The van der Waals surface area contributed by atoms with Gasteiger partial charge in [0.05, 0.1) is 0 Å². The second-order valence-electron chi connectivity index (χ2n) is 8.84. The number of amides is 3. The lowest BCUT2D eigenvalue weighted by Gasteiger charge is -2.27. The van der Waals surface area contributed by atoms with Crippen LogP contribution in [0.25, 0.3) is 0 Å². The SMILES string of the molecule is CCC(Cc1ccccc1)NC(=O)C(NC(=O)N(C)Cc1csc(C(C)C)c1)C(C)C. The van der Waals surface area contributed by atoms with Crippen molar-refractivity contribution < 1.29 is 9.59 Å². The molecule has 6 heteroatoms. The molecule has 0 radical (unpaired) electrons. The Morgan fingerprint density at radius 2 is 1.71 bits per heavy atom. The van der Waals surface area contributed by atoms with Crippen LogP contribution in [0, 0.1) is 5.92 Å². The van der Waals surface area contributed by atoms with E-state index in [-0.39, 0.29) is 23.9 Å². The van der Waals surface area contributed by atoms with Crippen molar-refractivity contribution in [2.24, 2.45) is 5.92 Å². The van der Waals surface area contributed by atoms with Gasteiger partial charge in [0.25, 0.3) is 0 Å². The molecule has 0 aliphatic heterocycles. The van der Waals surface area contributed by atoms with Gasteiger partial charge in [-0.2, -0.15) is 0 Å². The smallest absolute Gasteiger partial charge is 0.318 e. The summed E-state index contributed by atoms with van der Waals surface area (Å²) < 4.78 is 0. The molecule has 2 rings (SSSR count). The van der Waals surface area contributed by atoms with Gasteiger partial charge < -0.3 is 15.5 Å². The molecule has 2 unspecified atom stereocenters. The average molecular weight is 444 g/mol. The molecule has 2 atom stereocenters. The van der Waals surface area contributed by atoms with Gasteiger partial charge in [-0.05, 0) is 47.3 Å². The van der Waals surface area contributed by atoms with Gasteiger partial charge in [-0.3, -0.25) is 4.79 Å². The third-order valence-electron chi connectivity index (χ3n) is 5.40. The van der Waals surface area contributed by atoms with E-state index >= 15 is 0 Å². The molecule has 1 aromatic carbocycles. The molecule has 3 amide bonds. The highest BCUT2D eigenvalue weighted by Crippen LogP contribution is 2.23. The molecule has 5 nitrogen and oxygen atoms in total. The van der Waals surface area contributed by atoms with Gasteiger partial charge in [0.2, 0.25) is 5.91 Å². The number of hydrogen-bond donors (Lipinski definition) is 2. The van der Waals surface area contributed by atoms with E-state index in [2.05, 4.69) is 55.0 Å². The van der Waals surface area contributed by atoms with E-state index in [1.54, 1.807) is 23.3 Å². The van der Waals surface area contributed by atoms with Crippen LogP contribution < -0.4 is 10.6 Å². The monoisotopic (exact) mass is 443 g/mol. The maximum atomic E-state index is 13.0. The zero-order valence-electron chi connectivity index (χ0n) is 19.6. The third-order valence-corrected chi connectivity index (χ3v) is 6.68. The van der Waals surface area contributed by atoms with Crippen molar-refractivity contribution in [3.05, 3.63) is 57.8 Å². The Hall–Kier alpha value is -2.34. The highest BCUT2D eigenvalue weighted by molar-refractivity contribution is 7.10. The molecule has 0 aliphatic carbocycles. The topological polar surface area (TPSA) is 61.4 Å². The van der Waals surface area contributed by atoms with E-state index in [1.165, 1.54) is 10.4 Å². The van der Waals surface area contributed by atoms with Crippen LogP contribution in [0.4, 0.5) is 4.79 Å². The number of hydrogen-bond acceptors (Lipinski definition) is 3. The Balaban J connectivity index is 1.96. The van der Waals surface area contributed by atoms with Gasteiger partial charge >= 0.3 is 6.03 Å². The Labute approximate surface area is 191 Å². The zero-order chi connectivity index (χ0) is 23.0. The summed E-state index contributed by atoms with van der Waals surface area (Å²) in [7, 11) is 1.77. The number of carbonyl (C=O) groups excluding carboxylic acids is 2. The summed E-state index contributed by atoms with van der Waals surface area (Å²) in [5.41, 5.74) is 2.31. The molecule has 2 N–H and O–H groups in total. The van der Waals surface area contributed by atoms with Crippen molar-refractivity contribution in [3.63, 3.8) is 0 Å².